The molecule has 2 aromatic carbocycles. The first-order chi connectivity index (χ1) is 15.1. The van der Waals surface area contributed by atoms with Gasteiger partial charge in [0.15, 0.2) is 11.6 Å². The van der Waals surface area contributed by atoms with Gasteiger partial charge in [0.25, 0.3) is 0 Å². The van der Waals surface area contributed by atoms with Gasteiger partial charge >= 0.3 is 0 Å². The highest BCUT2D eigenvalue weighted by molar-refractivity contribution is 6.32. The summed E-state index contributed by atoms with van der Waals surface area (Å²) in [6.07, 6.45) is 9.14. The zero-order valence-electron chi connectivity index (χ0n) is 16.3. The third-order valence-corrected chi connectivity index (χ3v) is 5.17. The van der Waals surface area contributed by atoms with Crippen molar-refractivity contribution in [2.24, 2.45) is 4.99 Å². The molecule has 3 heterocycles. The van der Waals surface area contributed by atoms with Gasteiger partial charge in [0, 0.05) is 28.5 Å². The number of benzene rings is 2. The lowest BCUT2D eigenvalue weighted by Gasteiger charge is -2.13. The molecule has 5 rings (SSSR count). The Labute approximate surface area is 176 Å². The third-order valence-electron chi connectivity index (χ3n) is 5.17. The summed E-state index contributed by atoms with van der Waals surface area (Å²) in [5, 5.41) is 0. The lowest BCUT2D eigenvalue weighted by molar-refractivity contribution is 0.509. The first-order valence-corrected chi connectivity index (χ1v) is 9.71. The zero-order chi connectivity index (χ0) is 21.4. The van der Waals surface area contributed by atoms with Gasteiger partial charge in [0.2, 0.25) is 0 Å². The van der Waals surface area contributed by atoms with E-state index in [1.54, 1.807) is 28.8 Å². The third kappa shape index (κ3) is 3.46. The van der Waals surface area contributed by atoms with Gasteiger partial charge in [-0.05, 0) is 42.5 Å². The monoisotopic (exact) mass is 415 g/mol. The SMILES string of the molecule is Fc1ccc(-c2cnc3ccc(C4=CC=CCN=C4c4ccccc4F)cn23)cc1F. The minimum Gasteiger partial charge on any atom is -0.299 e. The lowest BCUT2D eigenvalue weighted by Crippen LogP contribution is -2.08. The van der Waals surface area contributed by atoms with E-state index in [0.717, 1.165) is 23.3 Å². The topological polar surface area (TPSA) is 29.7 Å². The molecule has 0 fully saturated rings. The number of pyridine rings is 1. The van der Waals surface area contributed by atoms with Gasteiger partial charge in [0.05, 0.1) is 24.1 Å². The summed E-state index contributed by atoms with van der Waals surface area (Å²) in [5.41, 5.74) is 4.29. The Bertz CT molecular complexity index is 1400. The van der Waals surface area contributed by atoms with Crippen LogP contribution in [0.2, 0.25) is 0 Å². The van der Waals surface area contributed by atoms with Crippen LogP contribution in [0.25, 0.3) is 22.5 Å². The van der Waals surface area contributed by atoms with E-state index in [1.807, 2.05) is 36.6 Å². The molecule has 31 heavy (non-hydrogen) atoms. The molecule has 2 aromatic heterocycles. The van der Waals surface area contributed by atoms with E-state index in [2.05, 4.69) is 9.98 Å². The number of allylic oxidation sites excluding steroid dienone is 3. The number of aromatic nitrogens is 2. The van der Waals surface area contributed by atoms with Crippen molar-refractivity contribution in [1.82, 2.24) is 9.38 Å². The molecule has 0 aliphatic carbocycles. The number of aliphatic imine (C=N–C) groups is 1. The molecule has 152 valence electrons. The number of nitrogens with zero attached hydrogens (tertiary/aromatic N) is 3. The molecule has 0 N–H and O–H groups in total. The van der Waals surface area contributed by atoms with Crippen molar-refractivity contribution < 1.29 is 13.2 Å². The Balaban J connectivity index is 1.65. The fraction of sp³-hybridized carbons (Fsp3) is 0.0400. The molecular weight excluding hydrogens is 399 g/mol. The normalized spacial score (nSPS) is 13.8. The minimum atomic E-state index is -0.922. The Morgan fingerprint density at radius 2 is 1.68 bits per heavy atom. The molecule has 0 radical (unpaired) electrons. The van der Waals surface area contributed by atoms with Gasteiger partial charge in [-0.15, -0.1) is 0 Å². The number of halogens is 3. The highest BCUT2D eigenvalue weighted by Crippen LogP contribution is 2.28. The standard InChI is InChI=1S/C25H16F3N3/c26-20-7-2-1-6-19(20)25-18(5-3-4-12-29-25)17-9-11-24-30-14-23(31(24)15-17)16-8-10-21(27)22(28)13-16/h1-11,13-15H,12H2. The summed E-state index contributed by atoms with van der Waals surface area (Å²) < 4.78 is 43.5. The van der Waals surface area contributed by atoms with Crippen LogP contribution < -0.4 is 0 Å². The fourth-order valence-electron chi connectivity index (χ4n) is 3.66. The zero-order valence-corrected chi connectivity index (χ0v) is 16.3. The Kier molecular flexibility index (Phi) is 4.75. The van der Waals surface area contributed by atoms with Gasteiger partial charge in [-0.1, -0.05) is 30.4 Å². The number of hydrogen-bond acceptors (Lipinski definition) is 2. The fourth-order valence-corrected chi connectivity index (χ4v) is 3.66. The molecule has 3 nitrogen and oxygen atoms in total. The quantitative estimate of drug-likeness (QED) is 0.412. The number of imidazole rings is 1. The van der Waals surface area contributed by atoms with Crippen LogP contribution in [0.5, 0.6) is 0 Å². The maximum absolute atomic E-state index is 14.5. The maximum atomic E-state index is 14.5. The predicted molar refractivity (Wildman–Crippen MR) is 115 cm³/mol. The van der Waals surface area contributed by atoms with Crippen molar-refractivity contribution in [2.45, 2.75) is 0 Å². The summed E-state index contributed by atoms with van der Waals surface area (Å²) in [5.74, 6) is -2.17. The Hall–Kier alpha value is -3.93. The minimum absolute atomic E-state index is 0.347. The number of rotatable bonds is 3. The molecule has 6 heteroatoms. The van der Waals surface area contributed by atoms with E-state index in [0.29, 0.717) is 34.7 Å². The first kappa shape index (κ1) is 19.1. The average Bonchev–Trinajstić information content (AvgIpc) is 3.04. The molecular formula is C25H16F3N3. The van der Waals surface area contributed by atoms with Crippen molar-refractivity contribution in [2.75, 3.05) is 6.54 Å². The molecule has 0 saturated carbocycles. The second kappa shape index (κ2) is 7.72. The molecule has 4 aromatic rings. The molecule has 1 aliphatic rings. The first-order valence-electron chi connectivity index (χ1n) is 9.71. The molecule has 1 aliphatic heterocycles. The van der Waals surface area contributed by atoms with Gasteiger partial charge in [0.1, 0.15) is 11.5 Å². The predicted octanol–water partition coefficient (Wildman–Crippen LogP) is 5.86. The van der Waals surface area contributed by atoms with E-state index in [1.165, 1.54) is 12.1 Å². The van der Waals surface area contributed by atoms with Crippen LogP contribution in [0.4, 0.5) is 13.2 Å². The van der Waals surface area contributed by atoms with Crippen molar-refractivity contribution in [1.29, 1.82) is 0 Å². The van der Waals surface area contributed by atoms with Crippen LogP contribution in [-0.2, 0) is 0 Å². The van der Waals surface area contributed by atoms with Gasteiger partial charge < -0.3 is 0 Å². The summed E-state index contributed by atoms with van der Waals surface area (Å²) in [6.45, 7) is 0.442. The van der Waals surface area contributed by atoms with E-state index < -0.39 is 11.6 Å². The largest absolute Gasteiger partial charge is 0.299 e. The molecule has 0 spiro atoms. The van der Waals surface area contributed by atoms with Crippen LogP contribution in [0.3, 0.4) is 0 Å². The maximum Gasteiger partial charge on any atom is 0.159 e. The highest BCUT2D eigenvalue weighted by Gasteiger charge is 2.18. The van der Waals surface area contributed by atoms with Crippen molar-refractivity contribution in [3.8, 4) is 11.3 Å². The molecule has 0 bridgehead atoms. The highest BCUT2D eigenvalue weighted by atomic mass is 19.2. The summed E-state index contributed by atoms with van der Waals surface area (Å²) in [7, 11) is 0. The molecule has 0 saturated heterocycles. The molecule has 0 amide bonds. The summed E-state index contributed by atoms with van der Waals surface area (Å²) in [4.78, 5) is 8.95. The second-order valence-electron chi connectivity index (χ2n) is 7.10. The summed E-state index contributed by atoms with van der Waals surface area (Å²) >= 11 is 0. The van der Waals surface area contributed by atoms with Crippen molar-refractivity contribution in [3.63, 3.8) is 0 Å². The van der Waals surface area contributed by atoms with Gasteiger partial charge in [-0.25, -0.2) is 18.2 Å². The van der Waals surface area contributed by atoms with E-state index in [-0.39, 0.29) is 5.82 Å². The smallest absolute Gasteiger partial charge is 0.159 e. The van der Waals surface area contributed by atoms with Crippen LogP contribution in [-0.4, -0.2) is 21.6 Å². The van der Waals surface area contributed by atoms with E-state index >= 15 is 0 Å². The summed E-state index contributed by atoms with van der Waals surface area (Å²) in [6, 6.07) is 14.0. The molecule has 0 atom stereocenters. The van der Waals surface area contributed by atoms with Crippen LogP contribution in [0.15, 0.2) is 90.2 Å². The van der Waals surface area contributed by atoms with Crippen molar-refractivity contribution >= 4 is 16.9 Å². The number of hydrogen-bond donors (Lipinski definition) is 0. The van der Waals surface area contributed by atoms with Crippen LogP contribution >= 0.6 is 0 Å². The Morgan fingerprint density at radius 3 is 2.52 bits per heavy atom. The van der Waals surface area contributed by atoms with Crippen molar-refractivity contribution in [3.05, 3.63) is 114 Å². The molecule has 0 unspecified atom stereocenters. The Morgan fingerprint density at radius 1 is 0.839 bits per heavy atom. The van der Waals surface area contributed by atoms with E-state index in [9.17, 15) is 13.2 Å². The van der Waals surface area contributed by atoms with Gasteiger partial charge in [-0.3, -0.25) is 9.39 Å². The van der Waals surface area contributed by atoms with Crippen LogP contribution in [0, 0.1) is 17.5 Å². The lowest BCUT2D eigenvalue weighted by atomic mass is 9.96. The van der Waals surface area contributed by atoms with E-state index in [4.69, 9.17) is 0 Å². The van der Waals surface area contributed by atoms with Gasteiger partial charge in [-0.2, -0.15) is 0 Å². The average molecular weight is 415 g/mol. The number of fused-ring (bicyclic) bond motifs is 1. The second-order valence-corrected chi connectivity index (χ2v) is 7.10. The van der Waals surface area contributed by atoms with Crippen LogP contribution in [0.1, 0.15) is 11.1 Å².